The van der Waals surface area contributed by atoms with Crippen molar-refractivity contribution in [2.24, 2.45) is 0 Å². The van der Waals surface area contributed by atoms with Gasteiger partial charge in [-0.1, -0.05) is 0 Å². The third kappa shape index (κ3) is 6.25. The molecule has 11 nitrogen and oxygen atoms in total. The van der Waals surface area contributed by atoms with E-state index < -0.39 is 64.9 Å². The van der Waals surface area contributed by atoms with Gasteiger partial charge in [0.25, 0.3) is 5.69 Å². The van der Waals surface area contributed by atoms with Crippen LogP contribution in [0.1, 0.15) is 10.4 Å². The van der Waals surface area contributed by atoms with Crippen LogP contribution in [0.4, 0.5) is 32.0 Å². The predicted octanol–water partition coefficient (Wildman–Crippen LogP) is 3.62. The average molecular weight is 539 g/mol. The van der Waals surface area contributed by atoms with E-state index >= 15 is 0 Å². The summed E-state index contributed by atoms with van der Waals surface area (Å²) in [7, 11) is -12.8. The van der Waals surface area contributed by atoms with Gasteiger partial charge in [0.15, 0.2) is 0 Å². The van der Waals surface area contributed by atoms with E-state index in [1.54, 1.807) is 0 Å². The van der Waals surface area contributed by atoms with E-state index in [2.05, 4.69) is 8.37 Å². The number of hydrogen-bond donors (Lipinski definition) is 0. The molecule has 0 aliphatic rings. The Kier molecular flexibility index (Phi) is 7.03. The van der Waals surface area contributed by atoms with Gasteiger partial charge >= 0.3 is 37.2 Å². The van der Waals surface area contributed by atoms with Crippen molar-refractivity contribution >= 4 is 31.9 Å². The van der Waals surface area contributed by atoms with Gasteiger partial charge in [0, 0.05) is 18.2 Å². The zero-order valence-electron chi connectivity index (χ0n) is 15.7. The lowest BCUT2D eigenvalue weighted by atomic mass is 10.2. The van der Waals surface area contributed by atoms with E-state index in [-0.39, 0.29) is 11.8 Å². The van der Waals surface area contributed by atoms with Gasteiger partial charge < -0.3 is 13.1 Å². The maximum Gasteiger partial charge on any atom is 0.534 e. The summed E-state index contributed by atoms with van der Waals surface area (Å²) in [6.45, 7) is 0. The fourth-order valence-electron chi connectivity index (χ4n) is 1.94. The van der Waals surface area contributed by atoms with Crippen LogP contribution in [-0.4, -0.2) is 38.7 Å². The van der Waals surface area contributed by atoms with Gasteiger partial charge in [-0.2, -0.15) is 43.2 Å². The Bertz CT molecular complexity index is 1320. The first-order chi connectivity index (χ1) is 15.3. The molecule has 0 aliphatic heterocycles. The first-order valence-electron chi connectivity index (χ1n) is 7.95. The first kappa shape index (κ1) is 26.6. The molecule has 0 N–H and O–H groups in total. The van der Waals surface area contributed by atoms with Crippen LogP contribution in [0.25, 0.3) is 0 Å². The number of carbonyl (C=O) groups is 1. The number of halogens is 6. The maximum absolute atomic E-state index is 12.6. The van der Waals surface area contributed by atoms with E-state index in [0.717, 1.165) is 24.3 Å². The molecular weight excluding hydrogens is 532 g/mol. The standard InChI is InChI=1S/C15H7F6NO10S2/c16-14(17,18)33(26,27)31-12-6-8(13(23)32-34(28,29)15(19,20)21)5-11(7-12)30-10-3-1-9(2-4-10)22(24)25/h1-7H. The highest BCUT2D eigenvalue weighted by Gasteiger charge is 2.50. The molecule has 2 rings (SSSR count). The summed E-state index contributed by atoms with van der Waals surface area (Å²) in [5, 5.41) is 10.7. The van der Waals surface area contributed by atoms with Crippen molar-refractivity contribution in [1.82, 2.24) is 0 Å². The minimum absolute atomic E-state index is 0.139. The smallest absolute Gasteiger partial charge is 0.457 e. The second kappa shape index (κ2) is 8.97. The number of rotatable bonds is 7. The number of ether oxygens (including phenoxy) is 1. The van der Waals surface area contributed by atoms with Crippen LogP contribution in [0.5, 0.6) is 17.2 Å². The molecule has 0 atom stereocenters. The van der Waals surface area contributed by atoms with Crippen LogP contribution in [0, 0.1) is 10.1 Å². The molecule has 2 aromatic carbocycles. The van der Waals surface area contributed by atoms with Gasteiger partial charge in [-0.25, -0.2) is 4.79 Å². The van der Waals surface area contributed by atoms with Crippen molar-refractivity contribution in [2.75, 3.05) is 0 Å². The molecule has 0 spiro atoms. The van der Waals surface area contributed by atoms with E-state index in [9.17, 15) is 58.1 Å². The normalized spacial score (nSPS) is 12.6. The Labute approximate surface area is 184 Å². The molecule has 0 heterocycles. The first-order valence-corrected chi connectivity index (χ1v) is 10.8. The summed E-state index contributed by atoms with van der Waals surface area (Å²) >= 11 is 0. The lowest BCUT2D eigenvalue weighted by Gasteiger charge is -2.13. The van der Waals surface area contributed by atoms with Crippen LogP contribution in [0.15, 0.2) is 42.5 Å². The maximum atomic E-state index is 12.6. The molecule has 0 aliphatic carbocycles. The Morgan fingerprint density at radius 3 is 1.76 bits per heavy atom. The van der Waals surface area contributed by atoms with E-state index in [1.165, 1.54) is 0 Å². The van der Waals surface area contributed by atoms with E-state index in [0.29, 0.717) is 12.1 Å². The van der Waals surface area contributed by atoms with Crippen molar-refractivity contribution < 1.29 is 66.0 Å². The van der Waals surface area contributed by atoms with Crippen molar-refractivity contribution in [2.45, 2.75) is 11.0 Å². The number of nitro benzene ring substituents is 1. The highest BCUT2D eigenvalue weighted by atomic mass is 32.2. The molecule has 0 bridgehead atoms. The molecule has 0 radical (unpaired) electrons. The summed E-state index contributed by atoms with van der Waals surface area (Å²) in [4.78, 5) is 21.7. The van der Waals surface area contributed by atoms with E-state index in [1.807, 2.05) is 0 Å². The van der Waals surface area contributed by atoms with Crippen molar-refractivity contribution in [3.63, 3.8) is 0 Å². The van der Waals surface area contributed by atoms with Gasteiger partial charge in [0.1, 0.15) is 17.2 Å². The topological polar surface area (TPSA) is 156 Å². The molecule has 0 saturated carbocycles. The number of nitro groups is 1. The second-order valence-electron chi connectivity index (χ2n) is 5.80. The number of carbonyl (C=O) groups excluding carboxylic acids is 1. The van der Waals surface area contributed by atoms with E-state index in [4.69, 9.17) is 4.74 Å². The largest absolute Gasteiger partial charge is 0.534 e. The molecule has 0 saturated heterocycles. The van der Waals surface area contributed by atoms with Gasteiger partial charge in [-0.3, -0.25) is 10.1 Å². The summed E-state index contributed by atoms with van der Waals surface area (Å²) in [6.07, 6.45) is 0. The number of hydrogen-bond acceptors (Lipinski definition) is 10. The summed E-state index contributed by atoms with van der Waals surface area (Å²) in [6, 6.07) is 4.81. The van der Waals surface area contributed by atoms with Crippen molar-refractivity contribution in [3.8, 4) is 17.2 Å². The average Bonchev–Trinajstić information content (AvgIpc) is 2.65. The van der Waals surface area contributed by atoms with Crippen LogP contribution < -0.4 is 8.92 Å². The Balaban J connectivity index is 2.50. The lowest BCUT2D eigenvalue weighted by Crippen LogP contribution is -2.29. The van der Waals surface area contributed by atoms with Gasteiger partial charge in [-0.05, 0) is 24.3 Å². The van der Waals surface area contributed by atoms with Crippen LogP contribution >= 0.6 is 0 Å². The summed E-state index contributed by atoms with van der Waals surface area (Å²) in [5.74, 6) is -4.63. The number of alkyl halides is 6. The molecule has 186 valence electrons. The van der Waals surface area contributed by atoms with Crippen LogP contribution in [0.2, 0.25) is 0 Å². The fraction of sp³-hybridized carbons (Fsp3) is 0.133. The Hall–Kier alpha value is -3.61. The number of nitrogens with zero attached hydrogens (tertiary/aromatic N) is 1. The minimum atomic E-state index is -6.49. The minimum Gasteiger partial charge on any atom is -0.457 e. The number of benzene rings is 2. The molecule has 0 aromatic heterocycles. The highest BCUT2D eigenvalue weighted by Crippen LogP contribution is 2.33. The second-order valence-corrected chi connectivity index (χ2v) is 8.88. The Morgan fingerprint density at radius 1 is 0.794 bits per heavy atom. The summed E-state index contributed by atoms with van der Waals surface area (Å²) < 4.78 is 132. The van der Waals surface area contributed by atoms with Crippen molar-refractivity contribution in [3.05, 3.63) is 58.1 Å². The highest BCUT2D eigenvalue weighted by molar-refractivity contribution is 7.88. The molecule has 2 aromatic rings. The SMILES string of the molecule is O=C(OS(=O)(=O)C(F)(F)F)c1cc(Oc2ccc([N+](=O)[O-])cc2)cc(OS(=O)(=O)C(F)(F)F)c1. The molecule has 34 heavy (non-hydrogen) atoms. The Morgan fingerprint density at radius 2 is 1.29 bits per heavy atom. The van der Waals surface area contributed by atoms with Gasteiger partial charge in [-0.15, -0.1) is 0 Å². The molecule has 19 heteroatoms. The summed E-state index contributed by atoms with van der Waals surface area (Å²) in [5.41, 5.74) is -13.6. The van der Waals surface area contributed by atoms with Crippen molar-refractivity contribution in [1.29, 1.82) is 0 Å². The monoisotopic (exact) mass is 539 g/mol. The lowest BCUT2D eigenvalue weighted by molar-refractivity contribution is -0.384. The van der Waals surface area contributed by atoms with Crippen LogP contribution in [-0.2, 0) is 24.4 Å². The molecule has 0 amide bonds. The quantitative estimate of drug-likeness (QED) is 0.167. The predicted molar refractivity (Wildman–Crippen MR) is 95.6 cm³/mol. The molecule has 0 unspecified atom stereocenters. The van der Waals surface area contributed by atoms with Crippen LogP contribution in [0.3, 0.4) is 0 Å². The molecule has 0 fully saturated rings. The third-order valence-electron chi connectivity index (χ3n) is 3.36. The number of non-ortho nitro benzene ring substituents is 1. The zero-order valence-corrected chi connectivity index (χ0v) is 17.3. The van der Waals surface area contributed by atoms with Gasteiger partial charge in [0.2, 0.25) is 0 Å². The zero-order chi connectivity index (χ0) is 26.1. The fourth-order valence-corrected chi connectivity index (χ4v) is 2.77. The van der Waals surface area contributed by atoms with Gasteiger partial charge in [0.05, 0.1) is 10.5 Å². The third-order valence-corrected chi connectivity index (χ3v) is 5.27. The molecular formula is C15H7F6NO10S2.